The van der Waals surface area contributed by atoms with E-state index in [1.54, 1.807) is 7.11 Å². The summed E-state index contributed by atoms with van der Waals surface area (Å²) in [5.41, 5.74) is 2.18. The molecule has 0 N–H and O–H groups in total. The van der Waals surface area contributed by atoms with Crippen LogP contribution in [-0.4, -0.2) is 19.5 Å². The Morgan fingerprint density at radius 2 is 2.18 bits per heavy atom. The lowest BCUT2D eigenvalue weighted by molar-refractivity contribution is 0.0898. The van der Waals surface area contributed by atoms with Crippen LogP contribution in [0.5, 0.6) is 0 Å². The minimum atomic E-state index is 0.203. The number of aryl methyl sites for hydroxylation is 1. The molecule has 17 heavy (non-hydrogen) atoms. The van der Waals surface area contributed by atoms with Gasteiger partial charge < -0.3 is 4.74 Å². The zero-order valence-electron chi connectivity index (χ0n) is 10.4. The summed E-state index contributed by atoms with van der Waals surface area (Å²) in [5.74, 6) is 0.544. The minimum absolute atomic E-state index is 0.203. The first kappa shape index (κ1) is 12.3. The second-order valence-electron chi connectivity index (χ2n) is 4.75. The fourth-order valence-electron chi connectivity index (χ4n) is 2.62. The highest BCUT2D eigenvalue weighted by atomic mass is 16.5. The third kappa shape index (κ3) is 2.95. The van der Waals surface area contributed by atoms with Crippen molar-refractivity contribution in [2.75, 3.05) is 13.7 Å². The van der Waals surface area contributed by atoms with Crippen LogP contribution in [0.2, 0.25) is 0 Å². The first-order valence-corrected chi connectivity index (χ1v) is 6.44. The van der Waals surface area contributed by atoms with Crippen molar-refractivity contribution in [2.24, 2.45) is 5.92 Å². The van der Waals surface area contributed by atoms with E-state index in [4.69, 9.17) is 4.74 Å². The molecule has 0 aliphatic heterocycles. The second-order valence-corrected chi connectivity index (χ2v) is 4.75. The van der Waals surface area contributed by atoms with Gasteiger partial charge in [-0.15, -0.1) is 0 Å². The van der Waals surface area contributed by atoms with Crippen LogP contribution < -0.4 is 0 Å². The molecule has 0 amide bonds. The maximum atomic E-state index is 12.4. The highest BCUT2D eigenvalue weighted by Crippen LogP contribution is 2.27. The summed E-state index contributed by atoms with van der Waals surface area (Å²) < 4.78 is 5.06. The summed E-state index contributed by atoms with van der Waals surface area (Å²) in [6, 6.07) is 8.06. The molecule has 0 heterocycles. The van der Waals surface area contributed by atoms with Gasteiger partial charge in [-0.05, 0) is 37.7 Å². The number of Topliss-reactive ketones (excluding diaryl/α,β-unsaturated/α-hetero) is 1. The van der Waals surface area contributed by atoms with Crippen LogP contribution in [-0.2, 0) is 11.2 Å². The van der Waals surface area contributed by atoms with E-state index < -0.39 is 0 Å². The molecule has 0 saturated heterocycles. The second kappa shape index (κ2) is 5.97. The number of hydrogen-bond donors (Lipinski definition) is 0. The van der Waals surface area contributed by atoms with E-state index in [1.165, 1.54) is 5.56 Å². The molecule has 1 aliphatic carbocycles. The van der Waals surface area contributed by atoms with Gasteiger partial charge >= 0.3 is 0 Å². The largest absolute Gasteiger partial charge is 0.385 e. The maximum absolute atomic E-state index is 12.4. The molecule has 1 aromatic carbocycles. The van der Waals surface area contributed by atoms with Crippen molar-refractivity contribution in [1.29, 1.82) is 0 Å². The summed E-state index contributed by atoms with van der Waals surface area (Å²) in [6.45, 7) is 0.755. The van der Waals surface area contributed by atoms with Crippen molar-refractivity contribution >= 4 is 5.78 Å². The van der Waals surface area contributed by atoms with E-state index in [-0.39, 0.29) is 5.92 Å². The van der Waals surface area contributed by atoms with Crippen LogP contribution in [0.15, 0.2) is 24.3 Å². The number of carbonyl (C=O) groups is 1. The Kier molecular flexibility index (Phi) is 4.32. The molecule has 1 atom stereocenters. The molecule has 2 rings (SSSR count). The van der Waals surface area contributed by atoms with E-state index in [0.717, 1.165) is 44.3 Å². The summed E-state index contributed by atoms with van der Waals surface area (Å²) in [7, 11) is 1.71. The van der Waals surface area contributed by atoms with Crippen LogP contribution in [0.4, 0.5) is 0 Å². The molecule has 92 valence electrons. The number of ketones is 1. The Bertz CT molecular complexity index is 384. The van der Waals surface area contributed by atoms with Crippen molar-refractivity contribution in [3.63, 3.8) is 0 Å². The quantitative estimate of drug-likeness (QED) is 0.588. The molecule has 0 aromatic heterocycles. The first-order valence-electron chi connectivity index (χ1n) is 6.44. The number of carbonyl (C=O) groups excluding carboxylic acids is 1. The molecular weight excluding hydrogens is 212 g/mol. The van der Waals surface area contributed by atoms with Gasteiger partial charge in [0, 0.05) is 25.2 Å². The third-order valence-electron chi connectivity index (χ3n) is 3.55. The van der Waals surface area contributed by atoms with E-state index in [2.05, 4.69) is 6.07 Å². The van der Waals surface area contributed by atoms with Crippen LogP contribution >= 0.6 is 0 Å². The van der Waals surface area contributed by atoms with E-state index >= 15 is 0 Å². The number of rotatable bonds is 4. The zero-order valence-corrected chi connectivity index (χ0v) is 10.4. The van der Waals surface area contributed by atoms with Gasteiger partial charge in [-0.2, -0.15) is 0 Å². The van der Waals surface area contributed by atoms with E-state index in [0.29, 0.717) is 5.78 Å². The average Bonchev–Trinajstić information content (AvgIpc) is 2.51. The van der Waals surface area contributed by atoms with E-state index in [9.17, 15) is 4.79 Å². The number of methoxy groups -OCH3 is 1. The normalized spacial score (nSPS) is 19.8. The minimum Gasteiger partial charge on any atom is -0.385 e. The Balaban J connectivity index is 2.09. The molecule has 1 unspecified atom stereocenters. The summed E-state index contributed by atoms with van der Waals surface area (Å²) in [5, 5.41) is 0. The van der Waals surface area contributed by atoms with Gasteiger partial charge in [0.2, 0.25) is 0 Å². The predicted octanol–water partition coefficient (Wildman–Crippen LogP) is 3.25. The topological polar surface area (TPSA) is 26.3 Å². The smallest absolute Gasteiger partial charge is 0.166 e. The van der Waals surface area contributed by atoms with Gasteiger partial charge in [0.15, 0.2) is 5.78 Å². The maximum Gasteiger partial charge on any atom is 0.166 e. The Morgan fingerprint density at radius 1 is 1.35 bits per heavy atom. The van der Waals surface area contributed by atoms with Crippen molar-refractivity contribution in [3.8, 4) is 0 Å². The molecule has 1 aromatic rings. The van der Waals surface area contributed by atoms with Crippen molar-refractivity contribution in [3.05, 3.63) is 35.4 Å². The van der Waals surface area contributed by atoms with Gasteiger partial charge in [0.1, 0.15) is 0 Å². The number of hydrogen-bond acceptors (Lipinski definition) is 2. The van der Waals surface area contributed by atoms with Crippen LogP contribution in [0.1, 0.15) is 41.6 Å². The van der Waals surface area contributed by atoms with Crippen molar-refractivity contribution in [2.45, 2.75) is 32.1 Å². The number of benzene rings is 1. The fraction of sp³-hybridized carbons (Fsp3) is 0.533. The molecule has 2 heteroatoms. The van der Waals surface area contributed by atoms with Gasteiger partial charge in [0.25, 0.3) is 0 Å². The number of fused-ring (bicyclic) bond motifs is 1. The molecule has 0 spiro atoms. The molecule has 0 saturated carbocycles. The molecule has 2 nitrogen and oxygen atoms in total. The predicted molar refractivity (Wildman–Crippen MR) is 68.3 cm³/mol. The lowest BCUT2D eigenvalue weighted by atomic mass is 9.91. The Morgan fingerprint density at radius 3 is 3.00 bits per heavy atom. The summed E-state index contributed by atoms with van der Waals surface area (Å²) in [6.07, 6.45) is 5.14. The fourth-order valence-corrected chi connectivity index (χ4v) is 2.62. The van der Waals surface area contributed by atoms with Gasteiger partial charge in [-0.25, -0.2) is 0 Å². The summed E-state index contributed by atoms with van der Waals surface area (Å²) >= 11 is 0. The van der Waals surface area contributed by atoms with E-state index in [1.807, 2.05) is 18.2 Å². The van der Waals surface area contributed by atoms with Crippen LogP contribution in [0.3, 0.4) is 0 Å². The Labute approximate surface area is 103 Å². The number of ether oxygens (including phenoxy) is 1. The average molecular weight is 232 g/mol. The van der Waals surface area contributed by atoms with Crippen LogP contribution in [0.25, 0.3) is 0 Å². The SMILES string of the molecule is COCCCC1CCCc2ccccc2C1=O. The highest BCUT2D eigenvalue weighted by Gasteiger charge is 2.24. The standard InChI is InChI=1S/C15H20O2/c1-17-11-5-9-13-8-4-7-12-6-2-3-10-14(12)15(13)16/h2-3,6,10,13H,4-5,7-9,11H2,1H3. The van der Waals surface area contributed by atoms with Gasteiger partial charge in [-0.1, -0.05) is 24.3 Å². The zero-order chi connectivity index (χ0) is 12.1. The van der Waals surface area contributed by atoms with Crippen LogP contribution in [0, 0.1) is 5.92 Å². The monoisotopic (exact) mass is 232 g/mol. The van der Waals surface area contributed by atoms with Crippen molar-refractivity contribution in [1.82, 2.24) is 0 Å². The molecular formula is C15H20O2. The highest BCUT2D eigenvalue weighted by molar-refractivity contribution is 5.99. The Hall–Kier alpha value is -1.15. The summed E-state index contributed by atoms with van der Waals surface area (Å²) in [4.78, 5) is 12.4. The first-order chi connectivity index (χ1) is 8.33. The lowest BCUT2D eigenvalue weighted by Crippen LogP contribution is -2.14. The molecule has 0 bridgehead atoms. The third-order valence-corrected chi connectivity index (χ3v) is 3.55. The van der Waals surface area contributed by atoms with Gasteiger partial charge in [0.05, 0.1) is 0 Å². The molecule has 0 radical (unpaired) electrons. The lowest BCUT2D eigenvalue weighted by Gasteiger charge is -2.13. The molecule has 1 aliphatic rings. The van der Waals surface area contributed by atoms with Crippen molar-refractivity contribution < 1.29 is 9.53 Å². The molecule has 0 fully saturated rings. The van der Waals surface area contributed by atoms with Gasteiger partial charge in [-0.3, -0.25) is 4.79 Å².